The van der Waals surface area contributed by atoms with Crippen LogP contribution < -0.4 is 11.1 Å². The number of pyridine rings is 1. The van der Waals surface area contributed by atoms with Gasteiger partial charge in [-0.15, -0.1) is 0 Å². The van der Waals surface area contributed by atoms with Gasteiger partial charge in [-0.05, 0) is 12.1 Å². The molecule has 0 bridgehead atoms. The van der Waals surface area contributed by atoms with Crippen molar-refractivity contribution in [3.8, 4) is 0 Å². The fourth-order valence-corrected chi connectivity index (χ4v) is 1.23. The maximum atomic E-state index is 11.5. The molecule has 6 heteroatoms. The monoisotopic (exact) mass is 217 g/mol. The number of amides is 1. The molecule has 0 aliphatic heterocycles. The second kappa shape index (κ2) is 4.43. The zero-order chi connectivity index (χ0) is 11.4. The molecule has 0 aromatic carbocycles. The summed E-state index contributed by atoms with van der Waals surface area (Å²) in [6.07, 6.45) is 4.70. The van der Waals surface area contributed by atoms with Gasteiger partial charge < -0.3 is 11.1 Å². The highest BCUT2D eigenvalue weighted by molar-refractivity contribution is 5.89. The molecular weight excluding hydrogens is 206 g/mol. The topological polar surface area (TPSA) is 85.8 Å². The summed E-state index contributed by atoms with van der Waals surface area (Å²) in [7, 11) is 0. The van der Waals surface area contributed by atoms with Crippen molar-refractivity contribution >= 4 is 17.4 Å². The van der Waals surface area contributed by atoms with Crippen LogP contribution in [0.4, 0.5) is 11.5 Å². The van der Waals surface area contributed by atoms with Crippen LogP contribution in [0.1, 0.15) is 0 Å². The molecule has 0 fully saturated rings. The van der Waals surface area contributed by atoms with E-state index in [-0.39, 0.29) is 12.5 Å². The predicted molar refractivity (Wildman–Crippen MR) is 59.5 cm³/mol. The Hall–Kier alpha value is -2.37. The maximum absolute atomic E-state index is 11.5. The number of nitrogens with one attached hydrogen (secondary N) is 1. The van der Waals surface area contributed by atoms with Crippen LogP contribution in [0.2, 0.25) is 0 Å². The lowest BCUT2D eigenvalue weighted by molar-refractivity contribution is -0.116. The summed E-state index contributed by atoms with van der Waals surface area (Å²) in [5.74, 6) is 0.328. The van der Waals surface area contributed by atoms with E-state index in [0.29, 0.717) is 11.5 Å². The number of nitrogens with two attached hydrogens (primary N) is 1. The first-order valence-electron chi connectivity index (χ1n) is 4.73. The number of aromatic nitrogens is 3. The number of carbonyl (C=O) groups excluding carboxylic acids is 1. The molecule has 0 spiro atoms. The molecule has 2 aromatic rings. The Bertz CT molecular complexity index is 479. The Balaban J connectivity index is 1.95. The molecular formula is C10H11N5O. The van der Waals surface area contributed by atoms with Gasteiger partial charge in [-0.2, -0.15) is 5.10 Å². The first-order valence-corrected chi connectivity index (χ1v) is 4.73. The van der Waals surface area contributed by atoms with Gasteiger partial charge in [0.1, 0.15) is 12.4 Å². The summed E-state index contributed by atoms with van der Waals surface area (Å²) in [6.45, 7) is 0.119. The van der Waals surface area contributed by atoms with Crippen LogP contribution in [0.25, 0.3) is 0 Å². The molecule has 0 radical (unpaired) electrons. The van der Waals surface area contributed by atoms with Crippen molar-refractivity contribution in [1.82, 2.24) is 14.8 Å². The third-order valence-corrected chi connectivity index (χ3v) is 1.89. The highest BCUT2D eigenvalue weighted by atomic mass is 16.2. The second-order valence-electron chi connectivity index (χ2n) is 3.23. The SMILES string of the molecule is Nc1cnn(CC(=O)Nc2ccccn2)c1. The molecule has 0 atom stereocenters. The maximum Gasteiger partial charge on any atom is 0.247 e. The Morgan fingerprint density at radius 1 is 1.50 bits per heavy atom. The highest BCUT2D eigenvalue weighted by Gasteiger charge is 2.04. The number of nitrogen functional groups attached to an aromatic ring is 1. The van der Waals surface area contributed by atoms with E-state index in [1.165, 1.54) is 10.9 Å². The second-order valence-corrected chi connectivity index (χ2v) is 3.23. The van der Waals surface area contributed by atoms with Gasteiger partial charge in [0.2, 0.25) is 5.91 Å². The van der Waals surface area contributed by atoms with Crippen molar-refractivity contribution in [2.45, 2.75) is 6.54 Å². The van der Waals surface area contributed by atoms with Gasteiger partial charge in [-0.3, -0.25) is 9.48 Å². The summed E-state index contributed by atoms with van der Waals surface area (Å²) in [6, 6.07) is 5.30. The summed E-state index contributed by atoms with van der Waals surface area (Å²) in [4.78, 5) is 15.5. The molecule has 82 valence electrons. The first kappa shape index (κ1) is 10.2. The third kappa shape index (κ3) is 2.57. The van der Waals surface area contributed by atoms with Crippen molar-refractivity contribution in [3.63, 3.8) is 0 Å². The van der Waals surface area contributed by atoms with Crippen molar-refractivity contribution in [1.29, 1.82) is 0 Å². The lowest BCUT2D eigenvalue weighted by Crippen LogP contribution is -2.19. The van der Waals surface area contributed by atoms with Crippen LogP contribution in [0.5, 0.6) is 0 Å². The zero-order valence-corrected chi connectivity index (χ0v) is 8.50. The minimum atomic E-state index is -0.193. The Morgan fingerprint density at radius 3 is 3.00 bits per heavy atom. The normalized spacial score (nSPS) is 10.0. The van der Waals surface area contributed by atoms with E-state index in [0.717, 1.165) is 0 Å². The number of nitrogens with zero attached hydrogens (tertiary/aromatic N) is 3. The highest BCUT2D eigenvalue weighted by Crippen LogP contribution is 2.01. The number of anilines is 2. The van der Waals surface area contributed by atoms with E-state index < -0.39 is 0 Å². The smallest absolute Gasteiger partial charge is 0.247 e. The largest absolute Gasteiger partial charge is 0.396 e. The van der Waals surface area contributed by atoms with Gasteiger partial charge in [0.25, 0.3) is 0 Å². The molecule has 16 heavy (non-hydrogen) atoms. The summed E-state index contributed by atoms with van der Waals surface area (Å²) >= 11 is 0. The minimum absolute atomic E-state index is 0.119. The average molecular weight is 217 g/mol. The quantitative estimate of drug-likeness (QED) is 0.783. The first-order chi connectivity index (χ1) is 7.74. The molecule has 2 aromatic heterocycles. The molecule has 6 nitrogen and oxygen atoms in total. The molecule has 0 unspecified atom stereocenters. The van der Waals surface area contributed by atoms with Gasteiger partial charge >= 0.3 is 0 Å². The van der Waals surface area contributed by atoms with Gasteiger partial charge in [-0.1, -0.05) is 6.07 Å². The molecule has 3 N–H and O–H groups in total. The predicted octanol–water partition coefficient (Wildman–Crippen LogP) is 0.499. The van der Waals surface area contributed by atoms with E-state index in [1.807, 2.05) is 0 Å². The molecule has 0 saturated heterocycles. The number of hydrogen-bond acceptors (Lipinski definition) is 4. The van der Waals surface area contributed by atoms with Crippen molar-refractivity contribution < 1.29 is 4.79 Å². The standard InChI is InChI=1S/C10H11N5O/c11-8-5-13-15(6-8)7-10(16)14-9-3-1-2-4-12-9/h1-6H,7,11H2,(H,12,14,16). The molecule has 0 aliphatic carbocycles. The fraction of sp³-hybridized carbons (Fsp3) is 0.100. The number of hydrogen-bond donors (Lipinski definition) is 2. The van der Waals surface area contributed by atoms with Crippen LogP contribution in [0.3, 0.4) is 0 Å². The van der Waals surface area contributed by atoms with Crippen molar-refractivity contribution in [2.24, 2.45) is 0 Å². The van der Waals surface area contributed by atoms with E-state index in [4.69, 9.17) is 5.73 Å². The summed E-state index contributed by atoms with van der Waals surface area (Å²) in [5, 5.41) is 6.56. The van der Waals surface area contributed by atoms with E-state index in [9.17, 15) is 4.79 Å². The van der Waals surface area contributed by atoms with Gasteiger partial charge in [-0.25, -0.2) is 4.98 Å². The molecule has 1 amide bonds. The van der Waals surface area contributed by atoms with Crippen LogP contribution in [-0.2, 0) is 11.3 Å². The average Bonchev–Trinajstić information content (AvgIpc) is 2.65. The van der Waals surface area contributed by atoms with Crippen LogP contribution in [0.15, 0.2) is 36.8 Å². The number of carbonyl (C=O) groups is 1. The molecule has 0 aliphatic rings. The van der Waals surface area contributed by atoms with E-state index in [1.54, 1.807) is 30.6 Å². The fourth-order valence-electron chi connectivity index (χ4n) is 1.23. The van der Waals surface area contributed by atoms with E-state index in [2.05, 4.69) is 15.4 Å². The molecule has 2 heterocycles. The molecule has 2 rings (SSSR count). The zero-order valence-electron chi connectivity index (χ0n) is 8.50. The lowest BCUT2D eigenvalue weighted by Gasteiger charge is -2.03. The van der Waals surface area contributed by atoms with Gasteiger partial charge in [0.15, 0.2) is 0 Å². The minimum Gasteiger partial charge on any atom is -0.396 e. The van der Waals surface area contributed by atoms with Crippen molar-refractivity contribution in [2.75, 3.05) is 11.1 Å². The van der Waals surface area contributed by atoms with Crippen LogP contribution in [-0.4, -0.2) is 20.7 Å². The van der Waals surface area contributed by atoms with Gasteiger partial charge in [0.05, 0.1) is 11.9 Å². The molecule has 0 saturated carbocycles. The Kier molecular flexibility index (Phi) is 2.81. The van der Waals surface area contributed by atoms with Crippen LogP contribution in [0, 0.1) is 0 Å². The Labute approximate surface area is 92.1 Å². The number of rotatable bonds is 3. The van der Waals surface area contributed by atoms with Gasteiger partial charge in [0, 0.05) is 12.4 Å². The Morgan fingerprint density at radius 2 is 2.38 bits per heavy atom. The van der Waals surface area contributed by atoms with E-state index >= 15 is 0 Å². The van der Waals surface area contributed by atoms with Crippen molar-refractivity contribution in [3.05, 3.63) is 36.8 Å². The third-order valence-electron chi connectivity index (χ3n) is 1.89. The van der Waals surface area contributed by atoms with Crippen LogP contribution >= 0.6 is 0 Å². The lowest BCUT2D eigenvalue weighted by atomic mass is 10.4. The summed E-state index contributed by atoms with van der Waals surface area (Å²) < 4.78 is 1.47. The summed E-state index contributed by atoms with van der Waals surface area (Å²) in [5.41, 5.74) is 6.01.